The van der Waals surface area contributed by atoms with Crippen molar-refractivity contribution in [3.63, 3.8) is 0 Å². The first-order valence-corrected chi connectivity index (χ1v) is 12.3. The zero-order valence-corrected chi connectivity index (χ0v) is 20.6. The van der Waals surface area contributed by atoms with Crippen LogP contribution >= 0.6 is 11.6 Å². The monoisotopic (exact) mass is 488 g/mol. The van der Waals surface area contributed by atoms with Crippen LogP contribution in [0.2, 0.25) is 5.02 Å². The molecule has 1 aromatic heterocycles. The van der Waals surface area contributed by atoms with Crippen LogP contribution in [0.25, 0.3) is 0 Å². The number of carbonyl (C=O) groups excluding carboxylic acids is 3. The first-order chi connectivity index (χ1) is 16.4. The quantitative estimate of drug-likeness (QED) is 0.473. The number of halogens is 1. The van der Waals surface area contributed by atoms with Gasteiger partial charge >= 0.3 is 0 Å². The minimum atomic E-state index is -0.779. The van der Waals surface area contributed by atoms with E-state index >= 15 is 0 Å². The molecule has 0 bridgehead atoms. The van der Waals surface area contributed by atoms with Gasteiger partial charge in [-0.05, 0) is 43.9 Å². The number of nitrogens with one attached hydrogen (secondary N) is 2. The number of unbranched alkanes of at least 4 members (excludes halogenated alkanes) is 1. The Labute approximate surface area is 205 Å². The number of anilines is 1. The fourth-order valence-electron chi connectivity index (χ4n) is 4.19. The highest BCUT2D eigenvalue weighted by Crippen LogP contribution is 2.27. The topological polar surface area (TPSA) is 105 Å². The van der Waals surface area contributed by atoms with Crippen LogP contribution in [0.4, 0.5) is 5.82 Å². The number of aryl methyl sites for hydroxylation is 1. The van der Waals surface area contributed by atoms with E-state index in [9.17, 15) is 14.4 Å². The molecule has 3 rings (SSSR count). The van der Waals surface area contributed by atoms with Crippen molar-refractivity contribution in [3.8, 4) is 0 Å². The average molecular weight is 489 g/mol. The first kappa shape index (κ1) is 25.7. The summed E-state index contributed by atoms with van der Waals surface area (Å²) in [5, 5.41) is 10.1. The second-order valence-electron chi connectivity index (χ2n) is 8.76. The smallest absolute Gasteiger partial charge is 0.247 e. The molecule has 0 radical (unpaired) electrons. The van der Waals surface area contributed by atoms with Crippen molar-refractivity contribution in [3.05, 3.63) is 46.7 Å². The van der Waals surface area contributed by atoms with Crippen molar-refractivity contribution in [1.82, 2.24) is 15.4 Å². The molecule has 1 aromatic carbocycles. The molecule has 1 saturated carbocycles. The molecule has 34 heavy (non-hydrogen) atoms. The molecule has 2 aromatic rings. The summed E-state index contributed by atoms with van der Waals surface area (Å²) in [7, 11) is 0. The Morgan fingerprint density at radius 3 is 2.50 bits per heavy atom. The van der Waals surface area contributed by atoms with Gasteiger partial charge in [0.1, 0.15) is 11.8 Å². The average Bonchev–Trinajstić information content (AvgIpc) is 3.47. The van der Waals surface area contributed by atoms with Gasteiger partial charge in [0.05, 0.1) is 0 Å². The molecule has 0 aliphatic heterocycles. The van der Waals surface area contributed by atoms with Crippen LogP contribution in [0.3, 0.4) is 0 Å². The highest BCUT2D eigenvalue weighted by molar-refractivity contribution is 6.30. The summed E-state index contributed by atoms with van der Waals surface area (Å²) in [6.45, 7) is 4.18. The van der Waals surface area contributed by atoms with Gasteiger partial charge in [0.25, 0.3) is 0 Å². The fourth-order valence-corrected chi connectivity index (χ4v) is 4.32. The number of hydrogen-bond acceptors (Lipinski definition) is 5. The number of amides is 3. The molecule has 1 atom stereocenters. The predicted octanol–water partition coefficient (Wildman–Crippen LogP) is 4.78. The van der Waals surface area contributed by atoms with Gasteiger partial charge in [0.15, 0.2) is 5.82 Å². The van der Waals surface area contributed by atoms with Crippen LogP contribution in [-0.2, 0) is 14.4 Å². The maximum absolute atomic E-state index is 13.4. The van der Waals surface area contributed by atoms with E-state index in [4.69, 9.17) is 16.1 Å². The summed E-state index contributed by atoms with van der Waals surface area (Å²) in [5.41, 5.74) is 0.701. The van der Waals surface area contributed by atoms with E-state index in [0.29, 0.717) is 28.7 Å². The van der Waals surface area contributed by atoms with Gasteiger partial charge in [0.2, 0.25) is 17.7 Å². The summed E-state index contributed by atoms with van der Waals surface area (Å²) in [4.78, 5) is 40.7. The molecule has 2 N–H and O–H groups in total. The summed E-state index contributed by atoms with van der Waals surface area (Å²) in [5.74, 6) is 0.113. The lowest BCUT2D eigenvalue weighted by Gasteiger charge is -2.32. The van der Waals surface area contributed by atoms with E-state index in [1.165, 1.54) is 0 Å². The van der Waals surface area contributed by atoms with Crippen LogP contribution in [0, 0.1) is 6.92 Å². The summed E-state index contributed by atoms with van der Waals surface area (Å²) in [6.07, 6.45) is 5.65. The van der Waals surface area contributed by atoms with Crippen LogP contribution in [0.5, 0.6) is 0 Å². The highest BCUT2D eigenvalue weighted by Gasteiger charge is 2.32. The Hall–Kier alpha value is -2.87. The van der Waals surface area contributed by atoms with Crippen molar-refractivity contribution in [2.45, 2.75) is 77.3 Å². The van der Waals surface area contributed by atoms with Crippen LogP contribution in [0.1, 0.15) is 75.7 Å². The fraction of sp³-hybridized carbons (Fsp3) is 0.520. The summed E-state index contributed by atoms with van der Waals surface area (Å²) >= 11 is 6.07. The zero-order valence-electron chi connectivity index (χ0n) is 19.8. The lowest BCUT2D eigenvalue weighted by Crippen LogP contribution is -2.46. The second kappa shape index (κ2) is 12.6. The minimum Gasteiger partial charge on any atom is -0.360 e. The van der Waals surface area contributed by atoms with Gasteiger partial charge < -0.3 is 20.1 Å². The molecule has 3 amide bonds. The van der Waals surface area contributed by atoms with E-state index in [1.54, 1.807) is 42.2 Å². The number of aromatic nitrogens is 1. The van der Waals surface area contributed by atoms with E-state index in [1.807, 2.05) is 6.92 Å². The van der Waals surface area contributed by atoms with Crippen molar-refractivity contribution < 1.29 is 18.9 Å². The maximum Gasteiger partial charge on any atom is 0.247 e. The largest absolute Gasteiger partial charge is 0.360 e. The third-order valence-electron chi connectivity index (χ3n) is 5.98. The molecular weight excluding hydrogens is 456 g/mol. The standard InChI is InChI=1S/C25H33ClN4O4/c1-3-4-15-30(23(32)14-13-22(31)28-21-16-17(2)34-29-21)24(18-9-11-19(26)12-10-18)25(33)27-20-7-5-6-8-20/h9-12,16,20,24H,3-8,13-15H2,1-2H3,(H,27,33)(H,28,29,31)/t24-/m0/s1. The molecule has 0 unspecified atom stereocenters. The second-order valence-corrected chi connectivity index (χ2v) is 9.19. The van der Waals surface area contributed by atoms with Gasteiger partial charge in [-0.15, -0.1) is 0 Å². The Kier molecular flexibility index (Phi) is 9.51. The number of rotatable bonds is 11. The molecule has 184 valence electrons. The van der Waals surface area contributed by atoms with E-state index in [2.05, 4.69) is 15.8 Å². The third kappa shape index (κ3) is 7.32. The van der Waals surface area contributed by atoms with Crippen molar-refractivity contribution in [2.24, 2.45) is 0 Å². The number of benzene rings is 1. The van der Waals surface area contributed by atoms with Gasteiger partial charge in [-0.25, -0.2) is 0 Å². The summed E-state index contributed by atoms with van der Waals surface area (Å²) < 4.78 is 4.95. The van der Waals surface area contributed by atoms with Crippen LogP contribution < -0.4 is 10.6 Å². The van der Waals surface area contributed by atoms with Crippen molar-refractivity contribution in [2.75, 3.05) is 11.9 Å². The van der Waals surface area contributed by atoms with Gasteiger partial charge in [-0.3, -0.25) is 14.4 Å². The van der Waals surface area contributed by atoms with E-state index in [0.717, 1.165) is 38.5 Å². The zero-order chi connectivity index (χ0) is 24.5. The number of carbonyl (C=O) groups is 3. The van der Waals surface area contributed by atoms with Gasteiger partial charge in [-0.1, -0.05) is 55.1 Å². The van der Waals surface area contributed by atoms with Crippen LogP contribution in [0.15, 0.2) is 34.9 Å². The lowest BCUT2D eigenvalue weighted by atomic mass is 10.0. The van der Waals surface area contributed by atoms with Gasteiger partial charge in [-0.2, -0.15) is 0 Å². The minimum absolute atomic E-state index is 0.0207. The molecule has 0 saturated heterocycles. The Bertz CT molecular complexity index is 970. The predicted molar refractivity (Wildman–Crippen MR) is 130 cm³/mol. The molecule has 1 heterocycles. The maximum atomic E-state index is 13.4. The highest BCUT2D eigenvalue weighted by atomic mass is 35.5. The summed E-state index contributed by atoms with van der Waals surface area (Å²) in [6, 6.07) is 7.97. The lowest BCUT2D eigenvalue weighted by molar-refractivity contribution is -0.141. The Morgan fingerprint density at radius 1 is 1.18 bits per heavy atom. The van der Waals surface area contributed by atoms with Crippen molar-refractivity contribution >= 4 is 35.1 Å². The Balaban J connectivity index is 1.75. The van der Waals surface area contributed by atoms with E-state index < -0.39 is 6.04 Å². The van der Waals surface area contributed by atoms with Crippen molar-refractivity contribution in [1.29, 1.82) is 0 Å². The molecule has 1 fully saturated rings. The molecule has 0 spiro atoms. The molecule has 1 aliphatic carbocycles. The normalized spacial score (nSPS) is 14.6. The van der Waals surface area contributed by atoms with E-state index in [-0.39, 0.29) is 36.6 Å². The first-order valence-electron chi connectivity index (χ1n) is 12.0. The number of hydrogen-bond donors (Lipinski definition) is 2. The van der Waals surface area contributed by atoms with Crippen LogP contribution in [-0.4, -0.2) is 40.4 Å². The van der Waals surface area contributed by atoms with Gasteiger partial charge in [0, 0.05) is 36.5 Å². The number of nitrogens with zero attached hydrogens (tertiary/aromatic N) is 2. The third-order valence-corrected chi connectivity index (χ3v) is 6.23. The molecule has 8 nitrogen and oxygen atoms in total. The molecule has 1 aliphatic rings. The molecule has 9 heteroatoms. The molecular formula is C25H33ClN4O4. The SMILES string of the molecule is CCCCN(C(=O)CCC(=O)Nc1cc(C)on1)[C@H](C(=O)NC1CCCC1)c1ccc(Cl)cc1. The Morgan fingerprint density at radius 2 is 1.88 bits per heavy atom.